The molecule has 0 amide bonds. The summed E-state index contributed by atoms with van der Waals surface area (Å²) in [7, 11) is 1.89. The number of nitrogens with one attached hydrogen (secondary N) is 2. The first-order chi connectivity index (χ1) is 12.7. The predicted molar refractivity (Wildman–Crippen MR) is 105 cm³/mol. The van der Waals surface area contributed by atoms with Gasteiger partial charge in [-0.2, -0.15) is 0 Å². The number of pyridine rings is 1. The maximum absolute atomic E-state index is 12.0. The standard InChI is InChI=1S/C21H19N3O2/c1-3-26-21(25)15-8-4-6-13(10-15)17-12-19-18(23-17)11-14-7-5-9-16(22-2)20(14)24-19/h4-12,22-23H,3H2,1-2H3. The van der Waals surface area contributed by atoms with Crippen molar-refractivity contribution in [1.29, 1.82) is 0 Å². The number of aromatic amines is 1. The number of esters is 1. The second-order valence-electron chi connectivity index (χ2n) is 6.03. The SMILES string of the molecule is CCOC(=O)c1cccc(-c2cc3nc4c(NC)cccc4cc3[nH]2)c1. The molecule has 0 aliphatic carbocycles. The molecule has 2 N–H and O–H groups in total. The summed E-state index contributed by atoms with van der Waals surface area (Å²) in [6, 6.07) is 17.6. The fourth-order valence-corrected chi connectivity index (χ4v) is 3.13. The Balaban J connectivity index is 1.82. The summed E-state index contributed by atoms with van der Waals surface area (Å²) in [6.45, 7) is 2.16. The molecule has 26 heavy (non-hydrogen) atoms. The number of carbonyl (C=O) groups is 1. The van der Waals surface area contributed by atoms with Crippen molar-refractivity contribution in [2.75, 3.05) is 19.0 Å². The number of anilines is 1. The first-order valence-electron chi connectivity index (χ1n) is 8.57. The normalized spacial score (nSPS) is 11.0. The van der Waals surface area contributed by atoms with Crippen LogP contribution in [0.4, 0.5) is 5.69 Å². The summed E-state index contributed by atoms with van der Waals surface area (Å²) in [6.07, 6.45) is 0. The van der Waals surface area contributed by atoms with Crippen LogP contribution in [0.5, 0.6) is 0 Å². The van der Waals surface area contributed by atoms with Crippen LogP contribution in [0.2, 0.25) is 0 Å². The Morgan fingerprint density at radius 3 is 2.81 bits per heavy atom. The third kappa shape index (κ3) is 2.77. The monoisotopic (exact) mass is 345 g/mol. The molecule has 0 bridgehead atoms. The summed E-state index contributed by atoms with van der Waals surface area (Å²) >= 11 is 0. The van der Waals surface area contributed by atoms with Gasteiger partial charge in [0.05, 0.1) is 34.4 Å². The van der Waals surface area contributed by atoms with Gasteiger partial charge >= 0.3 is 5.97 Å². The Morgan fingerprint density at radius 2 is 2.00 bits per heavy atom. The Morgan fingerprint density at radius 1 is 1.15 bits per heavy atom. The van der Waals surface area contributed by atoms with Crippen LogP contribution in [0.3, 0.4) is 0 Å². The first kappa shape index (κ1) is 16.1. The van der Waals surface area contributed by atoms with Gasteiger partial charge in [0.25, 0.3) is 0 Å². The Kier molecular flexibility index (Phi) is 4.05. The van der Waals surface area contributed by atoms with E-state index in [4.69, 9.17) is 9.72 Å². The molecule has 2 aromatic carbocycles. The molecule has 0 radical (unpaired) electrons. The van der Waals surface area contributed by atoms with Gasteiger partial charge in [-0.1, -0.05) is 24.3 Å². The lowest BCUT2D eigenvalue weighted by Gasteiger charge is -2.04. The molecule has 2 heterocycles. The van der Waals surface area contributed by atoms with Gasteiger partial charge in [-0.25, -0.2) is 9.78 Å². The van der Waals surface area contributed by atoms with E-state index in [1.54, 1.807) is 13.0 Å². The van der Waals surface area contributed by atoms with Gasteiger partial charge in [-0.3, -0.25) is 0 Å². The fraction of sp³-hybridized carbons (Fsp3) is 0.143. The fourth-order valence-electron chi connectivity index (χ4n) is 3.13. The van der Waals surface area contributed by atoms with Crippen LogP contribution in [0.1, 0.15) is 17.3 Å². The molecule has 0 spiro atoms. The average molecular weight is 345 g/mol. The van der Waals surface area contributed by atoms with Gasteiger partial charge < -0.3 is 15.0 Å². The number of H-pyrrole nitrogens is 1. The number of hydrogen-bond acceptors (Lipinski definition) is 4. The summed E-state index contributed by atoms with van der Waals surface area (Å²) in [5, 5.41) is 4.25. The number of nitrogens with zero attached hydrogens (tertiary/aromatic N) is 1. The minimum atomic E-state index is -0.312. The van der Waals surface area contributed by atoms with Gasteiger partial charge in [-0.05, 0) is 42.8 Å². The lowest BCUT2D eigenvalue weighted by atomic mass is 10.1. The Labute approximate surface area is 151 Å². The molecule has 5 heteroatoms. The van der Waals surface area contributed by atoms with Crippen LogP contribution < -0.4 is 5.32 Å². The third-order valence-corrected chi connectivity index (χ3v) is 4.38. The molecule has 130 valence electrons. The molecule has 0 aliphatic heterocycles. The summed E-state index contributed by atoms with van der Waals surface area (Å²) in [5.74, 6) is -0.312. The van der Waals surface area contributed by atoms with E-state index in [9.17, 15) is 4.79 Å². The van der Waals surface area contributed by atoms with Gasteiger partial charge in [-0.15, -0.1) is 0 Å². The van der Waals surface area contributed by atoms with Crippen LogP contribution in [0.25, 0.3) is 33.2 Å². The number of fused-ring (bicyclic) bond motifs is 2. The largest absolute Gasteiger partial charge is 0.462 e. The smallest absolute Gasteiger partial charge is 0.338 e. The quantitative estimate of drug-likeness (QED) is 0.530. The maximum atomic E-state index is 12.0. The lowest BCUT2D eigenvalue weighted by molar-refractivity contribution is 0.0526. The summed E-state index contributed by atoms with van der Waals surface area (Å²) in [5.41, 5.74) is 6.16. The number of ether oxygens (including phenoxy) is 1. The molecule has 5 nitrogen and oxygen atoms in total. The number of hydrogen-bond donors (Lipinski definition) is 2. The summed E-state index contributed by atoms with van der Waals surface area (Å²) in [4.78, 5) is 20.2. The average Bonchev–Trinajstić information content (AvgIpc) is 3.09. The van der Waals surface area contributed by atoms with Crippen molar-refractivity contribution in [3.8, 4) is 11.3 Å². The van der Waals surface area contributed by atoms with E-state index < -0.39 is 0 Å². The minimum Gasteiger partial charge on any atom is -0.462 e. The van der Waals surface area contributed by atoms with E-state index in [0.29, 0.717) is 12.2 Å². The predicted octanol–water partition coefficient (Wildman–Crippen LogP) is 4.60. The Hall–Kier alpha value is -3.34. The molecule has 0 saturated heterocycles. The Bertz CT molecular complexity index is 1110. The van der Waals surface area contributed by atoms with E-state index in [0.717, 1.165) is 38.9 Å². The molecule has 0 aliphatic rings. The topological polar surface area (TPSA) is 67.0 Å². The van der Waals surface area contributed by atoms with Gasteiger partial charge in [0, 0.05) is 18.1 Å². The van der Waals surface area contributed by atoms with Crippen molar-refractivity contribution >= 4 is 33.6 Å². The molecule has 2 aromatic heterocycles. The van der Waals surface area contributed by atoms with Gasteiger partial charge in [0.1, 0.15) is 0 Å². The zero-order valence-electron chi connectivity index (χ0n) is 14.7. The van der Waals surface area contributed by atoms with Crippen LogP contribution >= 0.6 is 0 Å². The first-order valence-corrected chi connectivity index (χ1v) is 8.57. The summed E-state index contributed by atoms with van der Waals surface area (Å²) < 4.78 is 5.09. The molecule has 0 unspecified atom stereocenters. The van der Waals surface area contributed by atoms with E-state index in [2.05, 4.69) is 16.4 Å². The lowest BCUT2D eigenvalue weighted by Crippen LogP contribution is -2.04. The zero-order valence-corrected chi connectivity index (χ0v) is 14.7. The molecular formula is C21H19N3O2. The minimum absolute atomic E-state index is 0.312. The number of rotatable bonds is 4. The van der Waals surface area contributed by atoms with E-state index >= 15 is 0 Å². The van der Waals surface area contributed by atoms with Crippen molar-refractivity contribution < 1.29 is 9.53 Å². The maximum Gasteiger partial charge on any atom is 0.338 e. The second-order valence-corrected chi connectivity index (χ2v) is 6.03. The molecular weight excluding hydrogens is 326 g/mol. The highest BCUT2D eigenvalue weighted by Crippen LogP contribution is 2.29. The molecule has 4 aromatic rings. The van der Waals surface area contributed by atoms with Crippen molar-refractivity contribution in [3.05, 3.63) is 60.2 Å². The number of benzene rings is 2. The molecule has 0 saturated carbocycles. The highest BCUT2D eigenvalue weighted by atomic mass is 16.5. The zero-order chi connectivity index (χ0) is 18.1. The number of para-hydroxylation sites is 1. The second kappa shape index (κ2) is 6.52. The van der Waals surface area contributed by atoms with E-state index in [1.165, 1.54) is 0 Å². The van der Waals surface area contributed by atoms with E-state index in [1.807, 2.05) is 49.5 Å². The molecule has 0 atom stereocenters. The van der Waals surface area contributed by atoms with Crippen molar-refractivity contribution in [1.82, 2.24) is 9.97 Å². The third-order valence-electron chi connectivity index (χ3n) is 4.38. The van der Waals surface area contributed by atoms with Crippen molar-refractivity contribution in [3.63, 3.8) is 0 Å². The van der Waals surface area contributed by atoms with Gasteiger partial charge in [0.2, 0.25) is 0 Å². The number of aromatic nitrogens is 2. The highest BCUT2D eigenvalue weighted by Gasteiger charge is 2.11. The van der Waals surface area contributed by atoms with Crippen molar-refractivity contribution in [2.24, 2.45) is 0 Å². The highest BCUT2D eigenvalue weighted by molar-refractivity contribution is 5.99. The molecule has 0 fully saturated rings. The molecule has 4 rings (SSSR count). The van der Waals surface area contributed by atoms with Crippen LogP contribution in [0, 0.1) is 0 Å². The number of carbonyl (C=O) groups excluding carboxylic acids is 1. The van der Waals surface area contributed by atoms with Crippen LogP contribution in [0.15, 0.2) is 54.6 Å². The van der Waals surface area contributed by atoms with Crippen LogP contribution in [-0.4, -0.2) is 29.6 Å². The van der Waals surface area contributed by atoms with E-state index in [-0.39, 0.29) is 5.97 Å². The van der Waals surface area contributed by atoms with Crippen molar-refractivity contribution in [2.45, 2.75) is 6.92 Å². The van der Waals surface area contributed by atoms with Crippen LogP contribution in [-0.2, 0) is 4.74 Å². The van der Waals surface area contributed by atoms with Gasteiger partial charge in [0.15, 0.2) is 0 Å².